The molecule has 0 radical (unpaired) electrons. The standard InChI is InChI=1S/C11H5F3N2O2/c12-6-4-9(16(17)18)11(15-5-6)7-2-1-3-8(13)10(7)14/h1-5H. The van der Waals surface area contributed by atoms with E-state index in [1.54, 1.807) is 0 Å². The van der Waals surface area contributed by atoms with E-state index in [4.69, 9.17) is 0 Å². The maximum atomic E-state index is 13.5. The number of rotatable bonds is 2. The highest BCUT2D eigenvalue weighted by atomic mass is 19.2. The van der Waals surface area contributed by atoms with E-state index >= 15 is 0 Å². The first-order chi connectivity index (χ1) is 8.50. The third kappa shape index (κ3) is 2.02. The van der Waals surface area contributed by atoms with Gasteiger partial charge in [-0.2, -0.15) is 0 Å². The van der Waals surface area contributed by atoms with Gasteiger partial charge >= 0.3 is 0 Å². The Kier molecular flexibility index (Phi) is 2.97. The van der Waals surface area contributed by atoms with E-state index in [0.717, 1.165) is 12.1 Å². The summed E-state index contributed by atoms with van der Waals surface area (Å²) in [5.41, 5.74) is -1.53. The summed E-state index contributed by atoms with van der Waals surface area (Å²) >= 11 is 0. The number of benzene rings is 1. The van der Waals surface area contributed by atoms with Crippen molar-refractivity contribution >= 4 is 5.69 Å². The van der Waals surface area contributed by atoms with Crippen LogP contribution in [0.3, 0.4) is 0 Å². The summed E-state index contributed by atoms with van der Waals surface area (Å²) in [6, 6.07) is 3.79. The number of pyridine rings is 1. The predicted molar refractivity (Wildman–Crippen MR) is 56.2 cm³/mol. The van der Waals surface area contributed by atoms with Gasteiger partial charge in [0.15, 0.2) is 17.3 Å². The highest BCUT2D eigenvalue weighted by molar-refractivity contribution is 5.69. The SMILES string of the molecule is O=[N+]([O-])c1cc(F)cnc1-c1cccc(F)c1F. The maximum absolute atomic E-state index is 13.5. The van der Waals surface area contributed by atoms with E-state index in [1.807, 2.05) is 0 Å². The van der Waals surface area contributed by atoms with Gasteiger partial charge in [0, 0.05) is 5.56 Å². The van der Waals surface area contributed by atoms with Crippen molar-refractivity contribution in [3.05, 3.63) is 58.0 Å². The molecule has 0 saturated carbocycles. The van der Waals surface area contributed by atoms with Crippen molar-refractivity contribution in [1.29, 1.82) is 0 Å². The third-order valence-electron chi connectivity index (χ3n) is 2.24. The summed E-state index contributed by atoms with van der Waals surface area (Å²) < 4.78 is 39.4. The zero-order valence-electron chi connectivity index (χ0n) is 8.73. The first kappa shape index (κ1) is 12.0. The third-order valence-corrected chi connectivity index (χ3v) is 2.24. The molecule has 92 valence electrons. The van der Waals surface area contributed by atoms with Crippen LogP contribution >= 0.6 is 0 Å². The fourth-order valence-electron chi connectivity index (χ4n) is 1.46. The highest BCUT2D eigenvalue weighted by Crippen LogP contribution is 2.30. The molecule has 1 heterocycles. The van der Waals surface area contributed by atoms with Gasteiger partial charge in [0.05, 0.1) is 17.2 Å². The molecule has 1 aromatic heterocycles. The van der Waals surface area contributed by atoms with Crippen LogP contribution in [0.4, 0.5) is 18.9 Å². The average molecular weight is 254 g/mol. The van der Waals surface area contributed by atoms with Crippen molar-refractivity contribution in [2.45, 2.75) is 0 Å². The van der Waals surface area contributed by atoms with Gasteiger partial charge in [0.1, 0.15) is 5.82 Å². The molecule has 1 aromatic carbocycles. The molecule has 0 aliphatic rings. The number of nitro groups is 1. The van der Waals surface area contributed by atoms with Crippen molar-refractivity contribution in [2.24, 2.45) is 0 Å². The summed E-state index contributed by atoms with van der Waals surface area (Å²) in [6.07, 6.45) is 0.701. The summed E-state index contributed by atoms with van der Waals surface area (Å²) in [6.45, 7) is 0. The van der Waals surface area contributed by atoms with Crippen LogP contribution in [-0.2, 0) is 0 Å². The molecular weight excluding hydrogens is 249 g/mol. The van der Waals surface area contributed by atoms with Crippen LogP contribution < -0.4 is 0 Å². The topological polar surface area (TPSA) is 56.0 Å². The van der Waals surface area contributed by atoms with Gasteiger partial charge in [-0.1, -0.05) is 6.07 Å². The van der Waals surface area contributed by atoms with Gasteiger partial charge in [-0.25, -0.2) is 18.2 Å². The van der Waals surface area contributed by atoms with E-state index < -0.39 is 33.8 Å². The van der Waals surface area contributed by atoms with Crippen LogP contribution in [0.1, 0.15) is 0 Å². The largest absolute Gasteiger partial charge is 0.298 e. The lowest BCUT2D eigenvalue weighted by molar-refractivity contribution is -0.384. The van der Waals surface area contributed by atoms with E-state index in [2.05, 4.69) is 4.98 Å². The molecule has 7 heteroatoms. The molecule has 0 atom stereocenters. The quantitative estimate of drug-likeness (QED) is 0.611. The van der Waals surface area contributed by atoms with Crippen molar-refractivity contribution < 1.29 is 18.1 Å². The van der Waals surface area contributed by atoms with Crippen LogP contribution in [0.5, 0.6) is 0 Å². The lowest BCUT2D eigenvalue weighted by Gasteiger charge is -2.04. The van der Waals surface area contributed by atoms with Gasteiger partial charge in [-0.3, -0.25) is 10.1 Å². The summed E-state index contributed by atoms with van der Waals surface area (Å²) in [5, 5.41) is 10.7. The Bertz CT molecular complexity index is 632. The molecule has 0 aliphatic carbocycles. The van der Waals surface area contributed by atoms with E-state index in [0.29, 0.717) is 12.3 Å². The lowest BCUT2D eigenvalue weighted by atomic mass is 10.1. The Hall–Kier alpha value is -2.44. The monoisotopic (exact) mass is 254 g/mol. The molecule has 4 nitrogen and oxygen atoms in total. The van der Waals surface area contributed by atoms with E-state index in [9.17, 15) is 23.3 Å². The van der Waals surface area contributed by atoms with Gasteiger partial charge in [0.25, 0.3) is 5.69 Å². The second-order valence-corrected chi connectivity index (χ2v) is 3.38. The Morgan fingerprint density at radius 2 is 1.94 bits per heavy atom. The first-order valence-electron chi connectivity index (χ1n) is 4.75. The predicted octanol–water partition coefficient (Wildman–Crippen LogP) is 3.07. The second kappa shape index (κ2) is 4.44. The Labute approximate surface area is 98.9 Å². The fraction of sp³-hybridized carbons (Fsp3) is 0. The fourth-order valence-corrected chi connectivity index (χ4v) is 1.46. The first-order valence-corrected chi connectivity index (χ1v) is 4.75. The smallest absolute Gasteiger partial charge is 0.258 e. The molecular formula is C11H5F3N2O2. The van der Waals surface area contributed by atoms with Crippen LogP contribution in [0.25, 0.3) is 11.3 Å². The molecule has 0 aliphatic heterocycles. The van der Waals surface area contributed by atoms with Crippen LogP contribution in [0, 0.1) is 27.6 Å². The minimum Gasteiger partial charge on any atom is -0.258 e. The summed E-state index contributed by atoms with van der Waals surface area (Å²) in [7, 11) is 0. The molecule has 0 saturated heterocycles. The van der Waals surface area contributed by atoms with Crippen molar-refractivity contribution in [3.8, 4) is 11.3 Å². The zero-order chi connectivity index (χ0) is 13.3. The molecule has 0 N–H and O–H groups in total. The minimum atomic E-state index is -1.26. The molecule has 0 unspecified atom stereocenters. The number of nitrogens with zero attached hydrogens (tertiary/aromatic N) is 2. The Balaban J connectivity index is 2.71. The minimum absolute atomic E-state index is 0.387. The summed E-state index contributed by atoms with van der Waals surface area (Å²) in [5.74, 6) is -3.35. The molecule has 0 fully saturated rings. The second-order valence-electron chi connectivity index (χ2n) is 3.38. The van der Waals surface area contributed by atoms with Crippen molar-refractivity contribution in [3.63, 3.8) is 0 Å². The molecule has 0 amide bonds. The number of aromatic nitrogens is 1. The Morgan fingerprint density at radius 1 is 1.22 bits per heavy atom. The Morgan fingerprint density at radius 3 is 2.61 bits per heavy atom. The number of hydrogen-bond donors (Lipinski definition) is 0. The van der Waals surface area contributed by atoms with Crippen molar-refractivity contribution in [1.82, 2.24) is 4.98 Å². The van der Waals surface area contributed by atoms with Crippen LogP contribution in [0.15, 0.2) is 30.5 Å². The van der Waals surface area contributed by atoms with Gasteiger partial charge in [-0.05, 0) is 12.1 Å². The normalized spacial score (nSPS) is 10.4. The summed E-state index contributed by atoms with van der Waals surface area (Å²) in [4.78, 5) is 13.3. The number of hydrogen-bond acceptors (Lipinski definition) is 3. The molecule has 2 aromatic rings. The molecule has 18 heavy (non-hydrogen) atoms. The lowest BCUT2D eigenvalue weighted by Crippen LogP contribution is -1.98. The number of halogens is 3. The van der Waals surface area contributed by atoms with Crippen molar-refractivity contribution in [2.75, 3.05) is 0 Å². The average Bonchev–Trinajstić information content (AvgIpc) is 2.33. The van der Waals surface area contributed by atoms with E-state index in [-0.39, 0.29) is 5.56 Å². The zero-order valence-corrected chi connectivity index (χ0v) is 8.73. The van der Waals surface area contributed by atoms with E-state index in [1.165, 1.54) is 6.07 Å². The maximum Gasteiger partial charge on any atom is 0.298 e. The van der Waals surface area contributed by atoms with Crippen LogP contribution in [-0.4, -0.2) is 9.91 Å². The highest BCUT2D eigenvalue weighted by Gasteiger charge is 2.22. The van der Waals surface area contributed by atoms with Crippen LogP contribution in [0.2, 0.25) is 0 Å². The molecule has 0 spiro atoms. The van der Waals surface area contributed by atoms with Gasteiger partial charge in [-0.15, -0.1) is 0 Å². The van der Waals surface area contributed by atoms with Gasteiger partial charge < -0.3 is 0 Å². The molecule has 0 bridgehead atoms. The van der Waals surface area contributed by atoms with Gasteiger partial charge in [0.2, 0.25) is 0 Å². The molecule has 2 rings (SSSR count).